The van der Waals surface area contributed by atoms with Crippen LogP contribution < -0.4 is 15.2 Å². The Bertz CT molecular complexity index is 718. The Labute approximate surface area is 154 Å². The SMILES string of the molecule is Cl.NC1(c2noc(COc3ccccc3OCC(F)(F)F)n2)CCCC1. The molecule has 2 N–H and O–H groups in total. The molecule has 0 spiro atoms. The quantitative estimate of drug-likeness (QED) is 0.804. The first kappa shape index (κ1) is 20.3. The third-order valence-corrected chi connectivity index (χ3v) is 4.00. The van der Waals surface area contributed by atoms with Crippen LogP contribution in [0.1, 0.15) is 37.4 Å². The molecular formula is C16H19ClF3N3O3. The van der Waals surface area contributed by atoms with E-state index in [1.165, 1.54) is 12.1 Å². The van der Waals surface area contributed by atoms with Crippen LogP contribution in [0.3, 0.4) is 0 Å². The maximum atomic E-state index is 12.3. The van der Waals surface area contributed by atoms with E-state index < -0.39 is 18.3 Å². The lowest BCUT2D eigenvalue weighted by atomic mass is 9.99. The van der Waals surface area contributed by atoms with Gasteiger partial charge in [0.1, 0.15) is 0 Å². The molecule has 0 radical (unpaired) electrons. The van der Waals surface area contributed by atoms with E-state index in [0.717, 1.165) is 25.7 Å². The molecule has 1 aromatic heterocycles. The molecule has 6 nitrogen and oxygen atoms in total. The van der Waals surface area contributed by atoms with Crippen molar-refractivity contribution in [2.45, 2.75) is 44.0 Å². The highest BCUT2D eigenvalue weighted by Crippen LogP contribution is 2.35. The molecule has 1 saturated carbocycles. The molecule has 1 heterocycles. The van der Waals surface area contributed by atoms with Crippen molar-refractivity contribution in [2.24, 2.45) is 5.73 Å². The highest BCUT2D eigenvalue weighted by atomic mass is 35.5. The molecule has 26 heavy (non-hydrogen) atoms. The maximum Gasteiger partial charge on any atom is 0.422 e. The number of halogens is 4. The van der Waals surface area contributed by atoms with Crippen molar-refractivity contribution in [3.63, 3.8) is 0 Å². The second-order valence-corrected chi connectivity index (χ2v) is 6.01. The van der Waals surface area contributed by atoms with Crippen molar-refractivity contribution >= 4 is 12.4 Å². The third-order valence-electron chi connectivity index (χ3n) is 4.00. The number of benzene rings is 1. The van der Waals surface area contributed by atoms with Gasteiger partial charge in [0.25, 0.3) is 5.89 Å². The predicted molar refractivity (Wildman–Crippen MR) is 88.2 cm³/mol. The maximum absolute atomic E-state index is 12.3. The number of nitrogens with zero attached hydrogens (tertiary/aromatic N) is 2. The number of hydrogen-bond acceptors (Lipinski definition) is 6. The lowest BCUT2D eigenvalue weighted by Crippen LogP contribution is -2.34. The molecule has 1 aliphatic carbocycles. The summed E-state index contributed by atoms with van der Waals surface area (Å²) < 4.78 is 52.3. The van der Waals surface area contributed by atoms with Crippen LogP contribution in [0, 0.1) is 0 Å². The number of aromatic nitrogens is 2. The van der Waals surface area contributed by atoms with Crippen molar-refractivity contribution < 1.29 is 27.2 Å². The molecule has 0 aliphatic heterocycles. The Morgan fingerprint density at radius 2 is 1.73 bits per heavy atom. The number of para-hydroxylation sites is 2. The fourth-order valence-electron chi connectivity index (χ4n) is 2.73. The molecule has 1 aliphatic rings. The van der Waals surface area contributed by atoms with Crippen molar-refractivity contribution in [2.75, 3.05) is 6.61 Å². The van der Waals surface area contributed by atoms with Gasteiger partial charge >= 0.3 is 6.18 Å². The molecule has 0 saturated heterocycles. The van der Waals surface area contributed by atoms with E-state index in [2.05, 4.69) is 10.1 Å². The largest absolute Gasteiger partial charge is 0.480 e. The summed E-state index contributed by atoms with van der Waals surface area (Å²) in [7, 11) is 0. The predicted octanol–water partition coefficient (Wildman–Crippen LogP) is 3.74. The molecule has 1 fully saturated rings. The molecule has 0 atom stereocenters. The highest BCUT2D eigenvalue weighted by Gasteiger charge is 2.36. The molecule has 0 amide bonds. The van der Waals surface area contributed by atoms with Crippen LogP contribution in [0.25, 0.3) is 0 Å². The second-order valence-electron chi connectivity index (χ2n) is 6.01. The summed E-state index contributed by atoms with van der Waals surface area (Å²) in [6.07, 6.45) is -0.811. The van der Waals surface area contributed by atoms with E-state index in [-0.39, 0.29) is 36.4 Å². The minimum atomic E-state index is -4.43. The van der Waals surface area contributed by atoms with E-state index in [1.807, 2.05) is 0 Å². The minimum absolute atomic E-state index is 0. The fraction of sp³-hybridized carbons (Fsp3) is 0.500. The van der Waals surface area contributed by atoms with Gasteiger partial charge in [0.15, 0.2) is 30.5 Å². The first-order chi connectivity index (χ1) is 11.9. The Kier molecular flexibility index (Phi) is 6.35. The van der Waals surface area contributed by atoms with Gasteiger partial charge in [-0.25, -0.2) is 0 Å². The van der Waals surface area contributed by atoms with Gasteiger partial charge in [-0.05, 0) is 25.0 Å². The normalized spacial score (nSPS) is 16.2. The van der Waals surface area contributed by atoms with Gasteiger partial charge in [-0.2, -0.15) is 18.2 Å². The Morgan fingerprint density at radius 3 is 2.35 bits per heavy atom. The zero-order valence-electron chi connectivity index (χ0n) is 13.8. The Hall–Kier alpha value is -2.00. The molecule has 10 heteroatoms. The summed E-state index contributed by atoms with van der Waals surface area (Å²) in [6, 6.07) is 6.09. The van der Waals surface area contributed by atoms with Crippen LogP contribution in [0.15, 0.2) is 28.8 Å². The van der Waals surface area contributed by atoms with Crippen LogP contribution in [0.2, 0.25) is 0 Å². The number of hydrogen-bond donors (Lipinski definition) is 1. The Balaban J connectivity index is 0.00000243. The van der Waals surface area contributed by atoms with Gasteiger partial charge < -0.3 is 19.7 Å². The standard InChI is InChI=1S/C16H18F3N3O3.ClH/c17-16(18,19)10-24-12-6-2-1-5-11(12)23-9-13-21-14(22-25-13)15(20)7-3-4-8-15;/h1-2,5-6H,3-4,7-10,20H2;1H. The van der Waals surface area contributed by atoms with Gasteiger partial charge in [0, 0.05) is 0 Å². The summed E-state index contributed by atoms with van der Waals surface area (Å²) in [5, 5.41) is 3.90. The molecule has 1 aromatic carbocycles. The first-order valence-electron chi connectivity index (χ1n) is 7.89. The van der Waals surface area contributed by atoms with Gasteiger partial charge in [-0.15, -0.1) is 12.4 Å². The van der Waals surface area contributed by atoms with E-state index in [9.17, 15) is 13.2 Å². The molecule has 0 unspecified atom stereocenters. The molecule has 2 aromatic rings. The number of nitrogens with two attached hydrogens (primary N) is 1. The summed E-state index contributed by atoms with van der Waals surface area (Å²) in [4.78, 5) is 4.25. The fourth-order valence-corrected chi connectivity index (χ4v) is 2.73. The van der Waals surface area contributed by atoms with Crippen molar-refractivity contribution in [1.82, 2.24) is 10.1 Å². The Morgan fingerprint density at radius 1 is 1.12 bits per heavy atom. The van der Waals surface area contributed by atoms with Crippen molar-refractivity contribution in [1.29, 1.82) is 0 Å². The average Bonchev–Trinajstić information content (AvgIpc) is 3.21. The van der Waals surface area contributed by atoms with Crippen molar-refractivity contribution in [3.8, 4) is 11.5 Å². The monoisotopic (exact) mass is 393 g/mol. The lowest BCUT2D eigenvalue weighted by molar-refractivity contribution is -0.153. The third kappa shape index (κ3) is 5.01. The summed E-state index contributed by atoms with van der Waals surface area (Å²) in [5.41, 5.74) is 5.68. The molecule has 144 valence electrons. The molecular weight excluding hydrogens is 375 g/mol. The topological polar surface area (TPSA) is 83.4 Å². The zero-order valence-corrected chi connectivity index (χ0v) is 14.6. The second kappa shape index (κ2) is 8.13. The van der Waals surface area contributed by atoms with Gasteiger partial charge in [-0.3, -0.25) is 0 Å². The van der Waals surface area contributed by atoms with Crippen molar-refractivity contribution in [3.05, 3.63) is 36.0 Å². The average molecular weight is 394 g/mol. The van der Waals surface area contributed by atoms with Crippen LogP contribution in [-0.4, -0.2) is 22.9 Å². The highest BCUT2D eigenvalue weighted by molar-refractivity contribution is 5.85. The van der Waals surface area contributed by atoms with Crippen LogP contribution in [0.5, 0.6) is 11.5 Å². The smallest absolute Gasteiger partial charge is 0.422 e. The summed E-state index contributed by atoms with van der Waals surface area (Å²) in [5.74, 6) is 0.794. The van der Waals surface area contributed by atoms with Gasteiger partial charge in [-0.1, -0.05) is 30.1 Å². The van der Waals surface area contributed by atoms with E-state index >= 15 is 0 Å². The minimum Gasteiger partial charge on any atom is -0.480 e. The first-order valence-corrected chi connectivity index (χ1v) is 7.89. The lowest BCUT2D eigenvalue weighted by Gasteiger charge is -2.17. The molecule has 0 bridgehead atoms. The van der Waals surface area contributed by atoms with Gasteiger partial charge in [0.2, 0.25) is 0 Å². The van der Waals surface area contributed by atoms with E-state index in [0.29, 0.717) is 5.82 Å². The molecule has 3 rings (SSSR count). The van der Waals surface area contributed by atoms with E-state index in [4.69, 9.17) is 19.7 Å². The number of ether oxygens (including phenoxy) is 2. The van der Waals surface area contributed by atoms with Crippen LogP contribution in [-0.2, 0) is 12.1 Å². The zero-order chi connectivity index (χ0) is 17.9. The van der Waals surface area contributed by atoms with Gasteiger partial charge in [0.05, 0.1) is 5.54 Å². The number of rotatable bonds is 6. The summed E-state index contributed by atoms with van der Waals surface area (Å²) in [6.45, 7) is -1.48. The number of alkyl halides is 3. The summed E-state index contributed by atoms with van der Waals surface area (Å²) >= 11 is 0. The van der Waals surface area contributed by atoms with Crippen LogP contribution in [0.4, 0.5) is 13.2 Å². The van der Waals surface area contributed by atoms with E-state index in [1.54, 1.807) is 12.1 Å². The van der Waals surface area contributed by atoms with Crippen LogP contribution >= 0.6 is 12.4 Å².